The average Bonchev–Trinajstić information content (AvgIpc) is 2.86. The van der Waals surface area contributed by atoms with Crippen LogP contribution in [0.25, 0.3) is 21.2 Å². The third-order valence-corrected chi connectivity index (χ3v) is 4.68. The van der Waals surface area contributed by atoms with Crippen LogP contribution in [-0.4, -0.2) is 16.1 Å². The minimum Gasteiger partial charge on any atom is -0.477 e. The normalized spacial score (nSPS) is 10.9. The molecule has 0 bridgehead atoms. The van der Waals surface area contributed by atoms with Gasteiger partial charge in [0, 0.05) is 23.3 Å². The van der Waals surface area contributed by atoms with E-state index in [9.17, 15) is 4.79 Å². The highest BCUT2D eigenvalue weighted by molar-refractivity contribution is 7.20. The zero-order valence-corrected chi connectivity index (χ0v) is 12.3. The number of aromatic nitrogens is 1. The lowest BCUT2D eigenvalue weighted by Gasteiger charge is -2.04. The summed E-state index contributed by atoms with van der Waals surface area (Å²) >= 11 is 13.1. The molecule has 0 aliphatic rings. The lowest BCUT2D eigenvalue weighted by Crippen LogP contribution is -1.89. The third-order valence-electron chi connectivity index (χ3n) is 2.89. The molecule has 0 atom stereocenters. The van der Waals surface area contributed by atoms with E-state index in [0.717, 1.165) is 21.2 Å². The summed E-state index contributed by atoms with van der Waals surface area (Å²) in [7, 11) is 0. The summed E-state index contributed by atoms with van der Waals surface area (Å²) in [6, 6.07) is 6.95. The Kier molecular flexibility index (Phi) is 3.38. The third kappa shape index (κ3) is 2.26. The first-order chi connectivity index (χ1) is 9.56. The summed E-state index contributed by atoms with van der Waals surface area (Å²) in [5.41, 5.74) is 1.69. The van der Waals surface area contributed by atoms with Crippen molar-refractivity contribution in [3.63, 3.8) is 0 Å². The van der Waals surface area contributed by atoms with Gasteiger partial charge in [0.25, 0.3) is 0 Å². The van der Waals surface area contributed by atoms with E-state index in [1.54, 1.807) is 30.6 Å². The van der Waals surface area contributed by atoms with E-state index in [2.05, 4.69) is 4.98 Å². The van der Waals surface area contributed by atoms with E-state index in [1.807, 2.05) is 6.07 Å². The summed E-state index contributed by atoms with van der Waals surface area (Å²) in [5, 5.41) is 10.9. The molecule has 3 aromatic rings. The van der Waals surface area contributed by atoms with Gasteiger partial charge in [0.05, 0.1) is 14.7 Å². The number of halogens is 2. The molecule has 100 valence electrons. The minimum absolute atomic E-state index is 0.286. The fourth-order valence-electron chi connectivity index (χ4n) is 1.96. The second-order valence-corrected chi connectivity index (χ2v) is 6.04. The van der Waals surface area contributed by atoms with E-state index in [4.69, 9.17) is 28.3 Å². The molecule has 6 heteroatoms. The largest absolute Gasteiger partial charge is 0.477 e. The summed E-state index contributed by atoms with van der Waals surface area (Å²) < 4.78 is 0.825. The fraction of sp³-hybridized carbons (Fsp3) is 0. The smallest absolute Gasteiger partial charge is 0.345 e. The van der Waals surface area contributed by atoms with Crippen LogP contribution in [0, 0.1) is 0 Å². The second-order valence-electron chi connectivity index (χ2n) is 4.14. The highest BCUT2D eigenvalue weighted by Gasteiger charge is 2.13. The first-order valence-electron chi connectivity index (χ1n) is 5.62. The number of hydrogen-bond acceptors (Lipinski definition) is 3. The molecule has 1 aromatic carbocycles. The van der Waals surface area contributed by atoms with Gasteiger partial charge < -0.3 is 5.11 Å². The van der Waals surface area contributed by atoms with Crippen LogP contribution in [0.2, 0.25) is 10.0 Å². The van der Waals surface area contributed by atoms with E-state index in [1.165, 1.54) is 11.3 Å². The van der Waals surface area contributed by atoms with Crippen LogP contribution < -0.4 is 0 Å². The van der Waals surface area contributed by atoms with Crippen molar-refractivity contribution in [1.29, 1.82) is 0 Å². The number of benzene rings is 1. The van der Waals surface area contributed by atoms with Gasteiger partial charge in [-0.15, -0.1) is 11.3 Å². The second kappa shape index (κ2) is 5.05. The Hall–Kier alpha value is -1.62. The molecule has 0 unspecified atom stereocenters. The topological polar surface area (TPSA) is 50.2 Å². The van der Waals surface area contributed by atoms with Crippen LogP contribution in [0.3, 0.4) is 0 Å². The number of aromatic carboxylic acids is 1. The van der Waals surface area contributed by atoms with Crippen molar-refractivity contribution in [3.8, 4) is 11.1 Å². The number of fused-ring (bicyclic) bond motifs is 1. The minimum atomic E-state index is -0.939. The van der Waals surface area contributed by atoms with E-state index < -0.39 is 5.97 Å². The van der Waals surface area contributed by atoms with Gasteiger partial charge in [-0.1, -0.05) is 29.3 Å². The molecule has 20 heavy (non-hydrogen) atoms. The SMILES string of the molecule is O=C(O)c1cc2c(-c3ccc(Cl)c(Cl)c3)cncc2s1. The number of carboxylic acid groups (broad SMARTS) is 1. The van der Waals surface area contributed by atoms with Crippen molar-refractivity contribution in [2.45, 2.75) is 0 Å². The van der Waals surface area contributed by atoms with E-state index in [0.29, 0.717) is 10.0 Å². The van der Waals surface area contributed by atoms with Crippen LogP contribution in [0.4, 0.5) is 0 Å². The molecular weight excluding hydrogens is 317 g/mol. The molecule has 0 amide bonds. The van der Waals surface area contributed by atoms with Crippen LogP contribution in [0.1, 0.15) is 9.67 Å². The van der Waals surface area contributed by atoms with Crippen molar-refractivity contribution < 1.29 is 9.90 Å². The standard InChI is InChI=1S/C14H7Cl2NO2S/c15-10-2-1-7(3-11(10)16)9-5-17-6-13-8(9)4-12(20-13)14(18)19/h1-6H,(H,18,19). The molecule has 1 N–H and O–H groups in total. The molecule has 0 aliphatic heterocycles. The quantitative estimate of drug-likeness (QED) is 0.724. The fourth-order valence-corrected chi connectivity index (χ4v) is 3.15. The Labute approximate surface area is 128 Å². The van der Waals surface area contributed by atoms with E-state index >= 15 is 0 Å². The molecule has 0 radical (unpaired) electrons. The average molecular weight is 324 g/mol. The van der Waals surface area contributed by atoms with Gasteiger partial charge in [0.15, 0.2) is 0 Å². The molecule has 3 nitrogen and oxygen atoms in total. The van der Waals surface area contributed by atoms with Crippen molar-refractivity contribution in [1.82, 2.24) is 4.98 Å². The summed E-state index contributed by atoms with van der Waals surface area (Å²) in [6.07, 6.45) is 3.35. The summed E-state index contributed by atoms with van der Waals surface area (Å²) in [6.45, 7) is 0. The Morgan fingerprint density at radius 2 is 1.95 bits per heavy atom. The van der Waals surface area contributed by atoms with Crippen molar-refractivity contribution >= 4 is 50.6 Å². The van der Waals surface area contributed by atoms with Crippen LogP contribution in [0.15, 0.2) is 36.7 Å². The highest BCUT2D eigenvalue weighted by Crippen LogP contribution is 2.35. The van der Waals surface area contributed by atoms with Gasteiger partial charge in [-0.05, 0) is 23.8 Å². The number of pyridine rings is 1. The zero-order chi connectivity index (χ0) is 14.3. The predicted molar refractivity (Wildman–Crippen MR) is 82.0 cm³/mol. The number of thiophene rings is 1. The number of hydrogen-bond donors (Lipinski definition) is 1. The van der Waals surface area contributed by atoms with Crippen molar-refractivity contribution in [2.75, 3.05) is 0 Å². The molecule has 2 aromatic heterocycles. The summed E-state index contributed by atoms with van der Waals surface area (Å²) in [5.74, 6) is -0.939. The first kappa shape index (κ1) is 13.4. The zero-order valence-electron chi connectivity index (χ0n) is 9.93. The van der Waals surface area contributed by atoms with Gasteiger partial charge in [0.1, 0.15) is 4.88 Å². The van der Waals surface area contributed by atoms with Gasteiger partial charge in [0.2, 0.25) is 0 Å². The maximum atomic E-state index is 11.1. The maximum absolute atomic E-state index is 11.1. The van der Waals surface area contributed by atoms with Crippen molar-refractivity contribution in [2.24, 2.45) is 0 Å². The molecular formula is C14H7Cl2NO2S. The van der Waals surface area contributed by atoms with Crippen molar-refractivity contribution in [3.05, 3.63) is 51.6 Å². The summed E-state index contributed by atoms with van der Waals surface area (Å²) in [4.78, 5) is 15.5. The molecule has 2 heterocycles. The van der Waals surface area contributed by atoms with Crippen LogP contribution in [0.5, 0.6) is 0 Å². The molecule has 0 saturated carbocycles. The Morgan fingerprint density at radius 1 is 1.15 bits per heavy atom. The van der Waals surface area contributed by atoms with Crippen LogP contribution >= 0.6 is 34.5 Å². The number of carbonyl (C=O) groups is 1. The van der Waals surface area contributed by atoms with Gasteiger partial charge in [-0.3, -0.25) is 4.98 Å². The maximum Gasteiger partial charge on any atom is 0.345 e. The number of carboxylic acids is 1. The lowest BCUT2D eigenvalue weighted by molar-refractivity contribution is 0.0702. The monoisotopic (exact) mass is 323 g/mol. The number of rotatable bonds is 2. The number of nitrogens with zero attached hydrogens (tertiary/aromatic N) is 1. The van der Waals surface area contributed by atoms with Crippen LogP contribution in [-0.2, 0) is 0 Å². The van der Waals surface area contributed by atoms with Gasteiger partial charge >= 0.3 is 5.97 Å². The molecule has 0 fully saturated rings. The van der Waals surface area contributed by atoms with E-state index in [-0.39, 0.29) is 4.88 Å². The lowest BCUT2D eigenvalue weighted by atomic mass is 10.0. The van der Waals surface area contributed by atoms with Gasteiger partial charge in [-0.25, -0.2) is 4.79 Å². The Balaban J connectivity index is 2.24. The highest BCUT2D eigenvalue weighted by atomic mass is 35.5. The van der Waals surface area contributed by atoms with Gasteiger partial charge in [-0.2, -0.15) is 0 Å². The Morgan fingerprint density at radius 3 is 2.65 bits per heavy atom. The molecule has 0 saturated heterocycles. The Bertz CT molecular complexity index is 829. The first-order valence-corrected chi connectivity index (χ1v) is 7.20. The predicted octanol–water partition coefficient (Wildman–Crippen LogP) is 4.97. The molecule has 0 aliphatic carbocycles. The molecule has 3 rings (SSSR count). The molecule has 0 spiro atoms.